The van der Waals surface area contributed by atoms with Gasteiger partial charge in [0, 0.05) is 0 Å². The molecule has 3 nitrogen and oxygen atoms in total. The Labute approximate surface area is 61.1 Å². The van der Waals surface area contributed by atoms with Gasteiger partial charge in [0.15, 0.2) is 0 Å². The predicted octanol–water partition coefficient (Wildman–Crippen LogP) is 0.515. The first-order valence-corrected chi connectivity index (χ1v) is 4.00. The molecule has 0 aromatic carbocycles. The minimum Gasteiger partial charge on any atom is -0.366 e. The molecule has 3 heteroatoms. The van der Waals surface area contributed by atoms with Gasteiger partial charge in [-0.25, -0.2) is 0 Å². The fourth-order valence-corrected chi connectivity index (χ4v) is 1.67. The van der Waals surface area contributed by atoms with Crippen molar-refractivity contribution in [1.29, 1.82) is 0 Å². The molecule has 0 amide bonds. The Bertz CT molecular complexity index is 136. The smallest absolute Gasteiger partial charge is 0.297 e. The van der Waals surface area contributed by atoms with Crippen LogP contribution >= 0.6 is 0 Å². The average Bonchev–Trinajstić information content (AvgIpc) is 2.62. The normalized spacial score (nSPS) is 44.7. The minimum atomic E-state index is 0.383. The highest BCUT2D eigenvalue weighted by Crippen LogP contribution is 2.35. The molecular formula is C7H14NO2+. The first-order valence-electron chi connectivity index (χ1n) is 4.00. The Morgan fingerprint density at radius 2 is 2.50 bits per heavy atom. The Hall–Kier alpha value is -0.120. The van der Waals surface area contributed by atoms with Gasteiger partial charge < -0.3 is 4.74 Å². The van der Waals surface area contributed by atoms with Crippen molar-refractivity contribution in [2.45, 2.75) is 19.6 Å². The molecule has 2 saturated heterocycles. The number of hydrogen-bond acceptors (Lipinski definition) is 2. The van der Waals surface area contributed by atoms with Crippen molar-refractivity contribution in [1.82, 2.24) is 0 Å². The highest BCUT2D eigenvalue weighted by molar-refractivity contribution is 4.57. The van der Waals surface area contributed by atoms with E-state index < -0.39 is 0 Å². The van der Waals surface area contributed by atoms with E-state index in [1.165, 1.54) is 6.42 Å². The zero-order chi connectivity index (χ0) is 7.03. The summed E-state index contributed by atoms with van der Waals surface area (Å²) in [7, 11) is 0. The van der Waals surface area contributed by atoms with Crippen molar-refractivity contribution in [3.63, 3.8) is 0 Å². The van der Waals surface area contributed by atoms with Crippen molar-refractivity contribution in [3.8, 4) is 0 Å². The van der Waals surface area contributed by atoms with E-state index in [1.807, 2.05) is 0 Å². The standard InChI is InChI=1S/C7H14NO2/c1-2-3-8-4-5-9-6-7(8)10-8/h7H,2-6H2,1H3/q+1. The second-order valence-electron chi connectivity index (χ2n) is 3.03. The average molecular weight is 144 g/mol. The number of rotatable bonds is 2. The molecule has 10 heavy (non-hydrogen) atoms. The van der Waals surface area contributed by atoms with Crippen LogP contribution < -0.4 is 0 Å². The Balaban J connectivity index is 1.92. The summed E-state index contributed by atoms with van der Waals surface area (Å²) in [6.45, 7) is 6.09. The van der Waals surface area contributed by atoms with Gasteiger partial charge in [-0.15, -0.1) is 9.48 Å². The van der Waals surface area contributed by atoms with E-state index in [2.05, 4.69) is 6.92 Å². The third-order valence-electron chi connectivity index (χ3n) is 2.29. The summed E-state index contributed by atoms with van der Waals surface area (Å²) >= 11 is 0. The summed E-state index contributed by atoms with van der Waals surface area (Å²) in [5, 5.41) is 0. The predicted molar refractivity (Wildman–Crippen MR) is 36.0 cm³/mol. The fraction of sp³-hybridized carbons (Fsp3) is 1.00. The van der Waals surface area contributed by atoms with E-state index in [9.17, 15) is 0 Å². The largest absolute Gasteiger partial charge is 0.366 e. The Kier molecular flexibility index (Phi) is 1.44. The lowest BCUT2D eigenvalue weighted by atomic mass is 10.4. The van der Waals surface area contributed by atoms with Crippen LogP contribution in [0.3, 0.4) is 0 Å². The number of quaternary nitrogens is 1. The van der Waals surface area contributed by atoms with Crippen LogP contribution in [0.4, 0.5) is 0 Å². The van der Waals surface area contributed by atoms with Gasteiger partial charge >= 0.3 is 0 Å². The lowest BCUT2D eigenvalue weighted by molar-refractivity contribution is -0.926. The molecule has 2 atom stereocenters. The highest BCUT2D eigenvalue weighted by atomic mass is 16.9. The van der Waals surface area contributed by atoms with E-state index >= 15 is 0 Å². The SMILES string of the molecule is CCC[N+]12CCOCC1O2. The van der Waals surface area contributed by atoms with E-state index in [-0.39, 0.29) is 0 Å². The van der Waals surface area contributed by atoms with Crippen molar-refractivity contribution in [2.75, 3.05) is 26.3 Å². The van der Waals surface area contributed by atoms with E-state index in [0.717, 1.165) is 30.9 Å². The topological polar surface area (TPSA) is 21.8 Å². The number of hydrogen-bond donors (Lipinski definition) is 0. The molecule has 58 valence electrons. The monoisotopic (exact) mass is 144 g/mol. The Morgan fingerprint density at radius 1 is 1.60 bits per heavy atom. The molecule has 0 radical (unpaired) electrons. The second kappa shape index (κ2) is 2.19. The molecule has 0 saturated carbocycles. The van der Waals surface area contributed by atoms with Gasteiger partial charge in [0.2, 0.25) is 0 Å². The molecule has 2 fully saturated rings. The number of ether oxygens (including phenoxy) is 1. The quantitative estimate of drug-likeness (QED) is 0.416. The van der Waals surface area contributed by atoms with Gasteiger partial charge in [0.05, 0.1) is 6.61 Å². The zero-order valence-corrected chi connectivity index (χ0v) is 6.38. The van der Waals surface area contributed by atoms with Gasteiger partial charge in [-0.2, -0.15) is 0 Å². The van der Waals surface area contributed by atoms with Crippen LogP contribution in [0.2, 0.25) is 0 Å². The summed E-state index contributed by atoms with van der Waals surface area (Å²) in [4.78, 5) is 5.52. The molecule has 0 spiro atoms. The number of morpholine rings is 1. The highest BCUT2D eigenvalue weighted by Gasteiger charge is 2.60. The van der Waals surface area contributed by atoms with Crippen LogP contribution in [-0.4, -0.2) is 37.2 Å². The summed E-state index contributed by atoms with van der Waals surface area (Å²) < 4.78 is 6.14. The molecule has 0 aliphatic carbocycles. The molecular weight excluding hydrogens is 130 g/mol. The van der Waals surface area contributed by atoms with E-state index in [4.69, 9.17) is 9.57 Å². The van der Waals surface area contributed by atoms with Gasteiger partial charge in [-0.3, -0.25) is 0 Å². The van der Waals surface area contributed by atoms with Crippen LogP contribution in [0.5, 0.6) is 0 Å². The minimum absolute atomic E-state index is 0.383. The van der Waals surface area contributed by atoms with Crippen LogP contribution in [0.1, 0.15) is 13.3 Å². The number of nitrogens with zero attached hydrogens (tertiary/aromatic N) is 1. The second-order valence-corrected chi connectivity index (χ2v) is 3.03. The lowest BCUT2D eigenvalue weighted by Gasteiger charge is -2.16. The molecule has 2 aliphatic rings. The molecule has 0 aromatic heterocycles. The van der Waals surface area contributed by atoms with Crippen molar-refractivity contribution >= 4 is 0 Å². The first kappa shape index (κ1) is 6.58. The van der Waals surface area contributed by atoms with Crippen molar-refractivity contribution < 1.29 is 14.2 Å². The zero-order valence-electron chi connectivity index (χ0n) is 6.38. The third-order valence-corrected chi connectivity index (χ3v) is 2.29. The van der Waals surface area contributed by atoms with Crippen LogP contribution in [0, 0.1) is 0 Å². The van der Waals surface area contributed by atoms with Crippen LogP contribution in [0.15, 0.2) is 0 Å². The van der Waals surface area contributed by atoms with Crippen LogP contribution in [-0.2, 0) is 9.57 Å². The van der Waals surface area contributed by atoms with E-state index in [1.54, 1.807) is 0 Å². The van der Waals surface area contributed by atoms with Crippen molar-refractivity contribution in [3.05, 3.63) is 0 Å². The molecule has 2 unspecified atom stereocenters. The summed E-state index contributed by atoms with van der Waals surface area (Å²) in [5.74, 6) is 0. The van der Waals surface area contributed by atoms with Gasteiger partial charge in [-0.1, -0.05) is 6.92 Å². The van der Waals surface area contributed by atoms with Gasteiger partial charge in [0.1, 0.15) is 19.7 Å². The van der Waals surface area contributed by atoms with Crippen LogP contribution in [0.25, 0.3) is 0 Å². The summed E-state index contributed by atoms with van der Waals surface area (Å²) in [5.41, 5.74) is 0. The molecule has 2 aliphatic heterocycles. The lowest BCUT2D eigenvalue weighted by Crippen LogP contribution is -2.38. The van der Waals surface area contributed by atoms with E-state index in [0.29, 0.717) is 6.23 Å². The molecule has 0 N–H and O–H groups in total. The maximum Gasteiger partial charge on any atom is 0.297 e. The number of fused-ring (bicyclic) bond motifs is 1. The maximum absolute atomic E-state index is 5.52. The molecule has 2 heterocycles. The van der Waals surface area contributed by atoms with Gasteiger partial charge in [-0.05, 0) is 6.42 Å². The third kappa shape index (κ3) is 0.856. The van der Waals surface area contributed by atoms with Crippen molar-refractivity contribution in [2.24, 2.45) is 0 Å². The maximum atomic E-state index is 5.52. The Morgan fingerprint density at radius 3 is 3.20 bits per heavy atom. The number of hydroxylamine groups is 3. The first-order chi connectivity index (χ1) is 4.87. The summed E-state index contributed by atoms with van der Waals surface area (Å²) in [6, 6.07) is 0. The van der Waals surface area contributed by atoms with Gasteiger partial charge in [0.25, 0.3) is 6.23 Å². The summed E-state index contributed by atoms with van der Waals surface area (Å²) in [6.07, 6.45) is 1.59. The fourth-order valence-electron chi connectivity index (χ4n) is 1.67. The molecule has 0 bridgehead atoms. The molecule has 2 rings (SSSR count). The molecule has 0 aromatic rings.